The molecule has 1 aromatic rings. The minimum atomic E-state index is -0.217. The highest BCUT2D eigenvalue weighted by Gasteiger charge is 2.06. The molecule has 17 heavy (non-hydrogen) atoms. The summed E-state index contributed by atoms with van der Waals surface area (Å²) in [6.45, 7) is 0. The lowest BCUT2D eigenvalue weighted by Crippen LogP contribution is -2.01. The highest BCUT2D eigenvalue weighted by atomic mass is 32.2. The van der Waals surface area contributed by atoms with Gasteiger partial charge in [0.25, 0.3) is 0 Å². The maximum absolute atomic E-state index is 10.9. The molecular formula is C12H14N2O2S. The Bertz CT molecular complexity index is 441. The number of carbonyl (C=O) groups excluding carboxylic acids is 1. The van der Waals surface area contributed by atoms with Gasteiger partial charge in [0, 0.05) is 17.2 Å². The van der Waals surface area contributed by atoms with Crippen LogP contribution in [-0.2, 0) is 15.3 Å². The molecule has 5 heteroatoms. The second kappa shape index (κ2) is 6.81. The number of carbonyl (C=O) groups is 1. The van der Waals surface area contributed by atoms with Crippen molar-refractivity contribution in [3.8, 4) is 6.07 Å². The van der Waals surface area contributed by atoms with Gasteiger partial charge in [-0.3, -0.25) is 4.79 Å². The predicted octanol–water partition coefficient (Wildman–Crippen LogP) is 1.94. The predicted molar refractivity (Wildman–Crippen MR) is 68.4 cm³/mol. The van der Waals surface area contributed by atoms with E-state index in [4.69, 9.17) is 11.0 Å². The van der Waals surface area contributed by atoms with Gasteiger partial charge in [0.05, 0.1) is 19.1 Å². The molecule has 1 rings (SSSR count). The van der Waals surface area contributed by atoms with Crippen LogP contribution in [0.25, 0.3) is 0 Å². The van der Waals surface area contributed by atoms with Crippen molar-refractivity contribution in [3.05, 3.63) is 29.3 Å². The van der Waals surface area contributed by atoms with E-state index in [9.17, 15) is 4.79 Å². The van der Waals surface area contributed by atoms with E-state index in [0.717, 1.165) is 5.56 Å². The van der Waals surface area contributed by atoms with Crippen LogP contribution >= 0.6 is 11.8 Å². The number of esters is 1. The minimum Gasteiger partial charge on any atom is -0.469 e. The first-order valence-electron chi connectivity index (χ1n) is 5.11. The van der Waals surface area contributed by atoms with Gasteiger partial charge in [0.1, 0.15) is 6.07 Å². The number of nitrogens with zero attached hydrogens (tertiary/aromatic N) is 1. The van der Waals surface area contributed by atoms with Crippen molar-refractivity contribution in [3.63, 3.8) is 0 Å². The largest absolute Gasteiger partial charge is 0.469 e. The summed E-state index contributed by atoms with van der Waals surface area (Å²) in [5, 5.41) is 8.97. The first kappa shape index (κ1) is 13.4. The summed E-state index contributed by atoms with van der Waals surface area (Å²) in [4.78, 5) is 10.9. The number of anilines is 1. The molecule has 0 aromatic heterocycles. The molecule has 0 saturated carbocycles. The fourth-order valence-electron chi connectivity index (χ4n) is 1.32. The van der Waals surface area contributed by atoms with Gasteiger partial charge in [0.2, 0.25) is 0 Å². The van der Waals surface area contributed by atoms with Crippen LogP contribution in [0.3, 0.4) is 0 Å². The highest BCUT2D eigenvalue weighted by Crippen LogP contribution is 2.21. The van der Waals surface area contributed by atoms with Gasteiger partial charge in [-0.1, -0.05) is 12.1 Å². The van der Waals surface area contributed by atoms with E-state index >= 15 is 0 Å². The Morgan fingerprint density at radius 1 is 1.59 bits per heavy atom. The molecule has 0 aliphatic rings. The van der Waals surface area contributed by atoms with Crippen molar-refractivity contribution in [1.29, 1.82) is 5.26 Å². The van der Waals surface area contributed by atoms with E-state index in [0.29, 0.717) is 29.2 Å². The summed E-state index contributed by atoms with van der Waals surface area (Å²) in [5.74, 6) is 1.13. The van der Waals surface area contributed by atoms with Crippen molar-refractivity contribution >= 4 is 23.4 Å². The molecule has 2 N–H and O–H groups in total. The highest BCUT2D eigenvalue weighted by molar-refractivity contribution is 7.98. The molecule has 4 nitrogen and oxygen atoms in total. The third-order valence-electron chi connectivity index (χ3n) is 2.23. The summed E-state index contributed by atoms with van der Waals surface area (Å²) in [5.41, 5.74) is 7.63. The molecule has 0 aliphatic carbocycles. The van der Waals surface area contributed by atoms with E-state index in [1.165, 1.54) is 7.11 Å². The first-order chi connectivity index (χ1) is 8.19. The average molecular weight is 250 g/mol. The van der Waals surface area contributed by atoms with Crippen molar-refractivity contribution in [2.75, 3.05) is 18.6 Å². The second-order valence-electron chi connectivity index (χ2n) is 3.37. The monoisotopic (exact) mass is 250 g/mol. The molecule has 0 amide bonds. The van der Waals surface area contributed by atoms with Crippen molar-refractivity contribution in [2.24, 2.45) is 0 Å². The standard InChI is InChI=1S/C12H14N2O2S/c1-16-12(15)5-6-17-8-9-3-2-4-11(14)10(9)7-13/h2-4H,5-6,8,14H2,1H3. The number of methoxy groups -OCH3 is 1. The van der Waals surface area contributed by atoms with Crippen molar-refractivity contribution in [2.45, 2.75) is 12.2 Å². The molecule has 0 atom stereocenters. The van der Waals surface area contributed by atoms with Crippen molar-refractivity contribution in [1.82, 2.24) is 0 Å². The number of rotatable bonds is 5. The number of hydrogen-bond donors (Lipinski definition) is 1. The Balaban J connectivity index is 2.50. The Kier molecular flexibility index (Phi) is 5.37. The van der Waals surface area contributed by atoms with E-state index in [-0.39, 0.29) is 5.97 Å². The zero-order valence-electron chi connectivity index (χ0n) is 9.60. The number of nitrogens with two attached hydrogens (primary N) is 1. The maximum atomic E-state index is 10.9. The number of nitrogen functional groups attached to an aromatic ring is 1. The minimum absolute atomic E-state index is 0.217. The summed E-state index contributed by atoms with van der Waals surface area (Å²) in [6.07, 6.45) is 0.380. The molecule has 90 valence electrons. The molecule has 0 heterocycles. The molecule has 1 aromatic carbocycles. The number of benzene rings is 1. The average Bonchev–Trinajstić information content (AvgIpc) is 2.34. The van der Waals surface area contributed by atoms with Crippen LogP contribution in [0.15, 0.2) is 18.2 Å². The number of nitriles is 1. The van der Waals surface area contributed by atoms with Crippen LogP contribution < -0.4 is 5.73 Å². The lowest BCUT2D eigenvalue weighted by Gasteiger charge is -2.05. The maximum Gasteiger partial charge on any atom is 0.306 e. The fraction of sp³-hybridized carbons (Fsp3) is 0.333. The van der Waals surface area contributed by atoms with Crippen LogP contribution in [0.2, 0.25) is 0 Å². The van der Waals surface area contributed by atoms with Crippen LogP contribution in [0.5, 0.6) is 0 Å². The normalized spacial score (nSPS) is 9.65. The molecule has 0 aliphatic heterocycles. The van der Waals surface area contributed by atoms with Crippen LogP contribution in [-0.4, -0.2) is 18.8 Å². The molecule has 0 radical (unpaired) electrons. The van der Waals surface area contributed by atoms with Crippen LogP contribution in [0, 0.1) is 11.3 Å². The summed E-state index contributed by atoms with van der Waals surface area (Å²) >= 11 is 1.58. The summed E-state index contributed by atoms with van der Waals surface area (Å²) in [7, 11) is 1.37. The molecule has 0 bridgehead atoms. The number of thioether (sulfide) groups is 1. The number of ether oxygens (including phenoxy) is 1. The second-order valence-corrected chi connectivity index (χ2v) is 4.48. The molecule has 0 saturated heterocycles. The van der Waals surface area contributed by atoms with Gasteiger partial charge in [-0.25, -0.2) is 0 Å². The Morgan fingerprint density at radius 2 is 2.35 bits per heavy atom. The zero-order valence-corrected chi connectivity index (χ0v) is 10.4. The van der Waals surface area contributed by atoms with Gasteiger partial charge >= 0.3 is 5.97 Å². The van der Waals surface area contributed by atoms with E-state index in [1.807, 2.05) is 12.1 Å². The van der Waals surface area contributed by atoms with Crippen molar-refractivity contribution < 1.29 is 9.53 Å². The summed E-state index contributed by atoms with van der Waals surface area (Å²) in [6, 6.07) is 7.51. The van der Waals surface area contributed by atoms with E-state index in [2.05, 4.69) is 10.8 Å². The number of hydrogen-bond acceptors (Lipinski definition) is 5. The van der Waals surface area contributed by atoms with Gasteiger partial charge in [-0.2, -0.15) is 17.0 Å². The lowest BCUT2D eigenvalue weighted by atomic mass is 10.1. The van der Waals surface area contributed by atoms with Gasteiger partial charge < -0.3 is 10.5 Å². The quantitative estimate of drug-likeness (QED) is 0.491. The molecule has 0 unspecified atom stereocenters. The van der Waals surface area contributed by atoms with E-state index < -0.39 is 0 Å². The third kappa shape index (κ3) is 4.00. The molecule has 0 fully saturated rings. The third-order valence-corrected chi connectivity index (χ3v) is 3.24. The van der Waals surface area contributed by atoms with Gasteiger partial charge in [-0.05, 0) is 11.6 Å². The zero-order chi connectivity index (χ0) is 12.7. The SMILES string of the molecule is COC(=O)CCSCc1cccc(N)c1C#N. The molecule has 0 spiro atoms. The topological polar surface area (TPSA) is 76.1 Å². The van der Waals surface area contributed by atoms with Crippen LogP contribution in [0.4, 0.5) is 5.69 Å². The first-order valence-corrected chi connectivity index (χ1v) is 6.26. The van der Waals surface area contributed by atoms with E-state index in [1.54, 1.807) is 17.8 Å². The molecular weight excluding hydrogens is 236 g/mol. The Labute approximate surface area is 105 Å². The van der Waals surface area contributed by atoms with Gasteiger partial charge in [0.15, 0.2) is 0 Å². The smallest absolute Gasteiger partial charge is 0.306 e. The fourth-order valence-corrected chi connectivity index (χ4v) is 2.23. The van der Waals surface area contributed by atoms with Crippen LogP contribution in [0.1, 0.15) is 17.5 Å². The Hall–Kier alpha value is -1.67. The Morgan fingerprint density at radius 3 is 3.00 bits per heavy atom. The van der Waals surface area contributed by atoms with Gasteiger partial charge in [-0.15, -0.1) is 0 Å². The lowest BCUT2D eigenvalue weighted by molar-refractivity contribution is -0.140. The summed E-state index contributed by atoms with van der Waals surface area (Å²) < 4.78 is 4.54.